The van der Waals surface area contributed by atoms with E-state index in [0.717, 1.165) is 48.4 Å². The van der Waals surface area contributed by atoms with Gasteiger partial charge in [-0.15, -0.1) is 0 Å². The van der Waals surface area contributed by atoms with E-state index in [-0.39, 0.29) is 56.6 Å². The molecular weight excluding hydrogens is 838 g/mol. The van der Waals surface area contributed by atoms with E-state index in [1.165, 1.54) is 11.8 Å². The van der Waals surface area contributed by atoms with Gasteiger partial charge in [0.1, 0.15) is 0 Å². The van der Waals surface area contributed by atoms with Crippen LogP contribution < -0.4 is 21.3 Å². The number of aryl methyl sites for hydroxylation is 3. The van der Waals surface area contributed by atoms with Crippen LogP contribution in [-0.2, 0) is 12.7 Å². The zero-order valence-electron chi connectivity index (χ0n) is 30.3. The van der Waals surface area contributed by atoms with Crippen LogP contribution >= 0.6 is 36.3 Å². The first-order valence-electron chi connectivity index (χ1n) is 14.2. The number of hydrogen-bond donors (Lipinski definition) is 2. The summed E-state index contributed by atoms with van der Waals surface area (Å²) in [5.74, 6) is 0. The van der Waals surface area contributed by atoms with Gasteiger partial charge in [-0.25, -0.2) is 0 Å². The molecule has 0 aliphatic heterocycles. The molecule has 312 valence electrons. The summed E-state index contributed by atoms with van der Waals surface area (Å²) in [6.07, 6.45) is 0. The molecule has 0 amide bonds. The summed E-state index contributed by atoms with van der Waals surface area (Å²) in [5, 5.41) is 22.1. The average Bonchev–Trinajstić information content (AvgIpc) is 2.99. The van der Waals surface area contributed by atoms with E-state index in [0.29, 0.717) is 29.5 Å². The van der Waals surface area contributed by atoms with Crippen molar-refractivity contribution in [2.45, 2.75) is 62.8 Å². The Morgan fingerprint density at radius 2 is 0.923 bits per heavy atom. The van der Waals surface area contributed by atoms with Gasteiger partial charge in [0.05, 0.1) is 9.85 Å². The van der Waals surface area contributed by atoms with Crippen molar-refractivity contribution in [2.24, 2.45) is 0 Å². The minimum atomic E-state index is -0.439. The van der Waals surface area contributed by atoms with Crippen molar-refractivity contribution >= 4 is 70.4 Å². The molecule has 0 radical (unpaired) electrons. The minimum absolute atomic E-state index is 0. The maximum atomic E-state index is 10.8. The van der Waals surface area contributed by atoms with E-state index in [2.05, 4.69) is 51.7 Å². The van der Waals surface area contributed by atoms with Crippen molar-refractivity contribution in [3.8, 4) is 0 Å². The summed E-state index contributed by atoms with van der Waals surface area (Å²) in [5.41, 5.74) is 17.4. The SMILES string of the molecule is C.CCBr.CCN(CC)c1ccc(C)c(N)c1.CCN(CC)c1ccc(C)c([N+](=O)[O-])c1.Cc1ccc(N)cc1[N+](=O)[O-].O.O.O.O.O.O.[Cl][Ni][Cl]. The molecule has 3 aromatic rings. The molecule has 52 heavy (non-hydrogen) atoms. The first kappa shape index (κ1) is 70.5. The van der Waals surface area contributed by atoms with Crippen LogP contribution in [0.1, 0.15) is 58.7 Å². The second kappa shape index (κ2) is 40.7. The topological polar surface area (TPSA) is 334 Å². The molecule has 0 aliphatic carbocycles. The van der Waals surface area contributed by atoms with Crippen LogP contribution in [0.15, 0.2) is 54.6 Å². The summed E-state index contributed by atoms with van der Waals surface area (Å²) in [6, 6.07) is 16.2. The molecule has 0 aromatic heterocycles. The van der Waals surface area contributed by atoms with Crippen LogP contribution in [0.25, 0.3) is 0 Å². The second-order valence-corrected chi connectivity index (χ2v) is 12.0. The van der Waals surface area contributed by atoms with Crippen molar-refractivity contribution in [3.63, 3.8) is 0 Å². The number of nitro groups is 2. The van der Waals surface area contributed by atoms with Crippen molar-refractivity contribution in [1.29, 1.82) is 0 Å². The van der Waals surface area contributed by atoms with E-state index >= 15 is 0 Å². The number of nitro benzene ring substituents is 2. The fourth-order valence-corrected chi connectivity index (χ4v) is 3.82. The number of alkyl halides is 1. The summed E-state index contributed by atoms with van der Waals surface area (Å²) in [4.78, 5) is 24.7. The Morgan fingerprint density at radius 1 is 0.635 bits per heavy atom. The molecule has 0 unspecified atom stereocenters. The number of rotatable bonds is 8. The summed E-state index contributed by atoms with van der Waals surface area (Å²) < 4.78 is 0. The zero-order chi connectivity index (χ0) is 35.1. The molecule has 16 N–H and O–H groups in total. The number of anilines is 4. The molecule has 0 aliphatic rings. The van der Waals surface area contributed by atoms with Gasteiger partial charge >= 0.3 is 33.0 Å². The van der Waals surface area contributed by atoms with Crippen molar-refractivity contribution in [2.75, 3.05) is 52.8 Å². The Kier molecular flexibility index (Phi) is 55.3. The van der Waals surface area contributed by atoms with Gasteiger partial charge in [-0.05, 0) is 78.3 Å². The molecule has 3 rings (SSSR count). The van der Waals surface area contributed by atoms with Crippen LogP contribution in [0.2, 0.25) is 0 Å². The van der Waals surface area contributed by atoms with E-state index in [9.17, 15) is 20.2 Å². The molecule has 3 aromatic carbocycles. The first-order valence-corrected chi connectivity index (χ1v) is 18.1. The van der Waals surface area contributed by atoms with Crippen LogP contribution in [0, 0.1) is 41.0 Å². The average molecular weight is 901 g/mol. The van der Waals surface area contributed by atoms with Gasteiger partial charge in [-0.1, -0.05) is 48.5 Å². The Bertz CT molecular complexity index is 1310. The van der Waals surface area contributed by atoms with Crippen LogP contribution in [0.4, 0.5) is 34.1 Å². The number of nitrogen functional groups attached to an aromatic ring is 2. The van der Waals surface area contributed by atoms with Crippen LogP contribution in [0.3, 0.4) is 0 Å². The number of nitrogens with two attached hydrogens (primary N) is 2. The molecule has 0 heterocycles. The van der Waals surface area contributed by atoms with Gasteiger partial charge in [0.25, 0.3) is 11.4 Å². The second-order valence-electron chi connectivity index (χ2n) is 9.23. The third kappa shape index (κ3) is 27.6. The first-order chi connectivity index (χ1) is 21.2. The van der Waals surface area contributed by atoms with Gasteiger partial charge in [-0.2, -0.15) is 0 Å². The van der Waals surface area contributed by atoms with E-state index in [1.807, 2.05) is 39.8 Å². The van der Waals surface area contributed by atoms with Gasteiger partial charge in [0.2, 0.25) is 0 Å². The standard InChI is InChI=1S/C11H16N2O2.C11H18N2.C7H8N2O2.C2H5Br.CH4.2ClH.Ni.6H2O/c1-4-12(5-2)10-7-6-9(3)11(8-10)13(14)15;1-4-13(5-2)10-7-6-9(3)11(12)8-10;1-5-2-3-6(8)4-7(5)9(10)11;1-2-3;;;;;;;;;;/h6-8H,4-5H2,1-3H3;6-8H,4-5,12H2,1-3H3;2-4H,8H2,1H3;2H2,1H3;1H4;2*1H;;6*1H2/q;;;;;;;+2;;;;;;/p-2. The third-order valence-corrected chi connectivity index (χ3v) is 6.34. The third-order valence-electron chi connectivity index (χ3n) is 6.34. The Morgan fingerprint density at radius 3 is 1.21 bits per heavy atom. The van der Waals surface area contributed by atoms with Crippen molar-refractivity contribution < 1.29 is 55.4 Å². The molecule has 0 atom stereocenters. The molecule has 0 bridgehead atoms. The van der Waals surface area contributed by atoms with Crippen molar-refractivity contribution in [3.05, 3.63) is 91.5 Å². The van der Waals surface area contributed by atoms with E-state index < -0.39 is 4.92 Å². The van der Waals surface area contributed by atoms with Gasteiger partial charge in [-0.3, -0.25) is 20.2 Å². The number of halogens is 3. The van der Waals surface area contributed by atoms with Gasteiger partial charge in [0, 0.05) is 77.5 Å². The molecule has 20 heteroatoms. The predicted octanol–water partition coefficient (Wildman–Crippen LogP) is 5.12. The number of hydrogen-bond acceptors (Lipinski definition) is 8. The predicted molar refractivity (Wildman–Crippen MR) is 222 cm³/mol. The fourth-order valence-electron chi connectivity index (χ4n) is 3.82. The normalized spacial score (nSPS) is 8.21. The summed E-state index contributed by atoms with van der Waals surface area (Å²) in [6.45, 7) is 19.7. The zero-order valence-corrected chi connectivity index (χ0v) is 34.3. The molecule has 0 saturated carbocycles. The Balaban J connectivity index is -0.0000000669. The van der Waals surface area contributed by atoms with Crippen LogP contribution in [0.5, 0.6) is 0 Å². The summed E-state index contributed by atoms with van der Waals surface area (Å²) >= 11 is 3.72. The fraction of sp³-hybridized carbons (Fsp3) is 0.438. The molecule has 0 fully saturated rings. The monoisotopic (exact) mass is 898 g/mol. The van der Waals surface area contributed by atoms with E-state index in [4.69, 9.17) is 31.9 Å². The van der Waals surface area contributed by atoms with Crippen LogP contribution in [-0.4, -0.2) is 74.2 Å². The summed E-state index contributed by atoms with van der Waals surface area (Å²) in [7, 11) is 9.40. The van der Waals surface area contributed by atoms with Gasteiger partial charge < -0.3 is 54.1 Å². The number of nitrogens with zero attached hydrogens (tertiary/aromatic N) is 4. The molecule has 0 spiro atoms. The molecule has 0 saturated heterocycles. The van der Waals surface area contributed by atoms with Crippen molar-refractivity contribution in [1.82, 2.24) is 0 Å². The maximum absolute atomic E-state index is 10.8. The van der Waals surface area contributed by atoms with E-state index in [1.54, 1.807) is 38.1 Å². The molecular formula is C32H63BrCl2N6NiO10. The quantitative estimate of drug-likeness (QED) is 0.100. The molecule has 16 nitrogen and oxygen atoms in total. The Labute approximate surface area is 331 Å². The Hall–Kier alpha value is -3.03. The van der Waals surface area contributed by atoms with Gasteiger partial charge in [0.15, 0.2) is 0 Å². The number of benzene rings is 3.